The minimum absolute atomic E-state index is 0.0724. The lowest BCUT2D eigenvalue weighted by Crippen LogP contribution is -2.42. The van der Waals surface area contributed by atoms with Crippen molar-refractivity contribution >= 4 is 17.7 Å². The molecule has 0 saturated heterocycles. The van der Waals surface area contributed by atoms with Gasteiger partial charge in [-0.25, -0.2) is 0 Å². The first-order chi connectivity index (χ1) is 6.97. The van der Waals surface area contributed by atoms with Gasteiger partial charge in [0.15, 0.2) is 5.78 Å². The minimum atomic E-state index is -1.03. The third kappa shape index (κ3) is 6.62. The van der Waals surface area contributed by atoms with Crippen molar-refractivity contribution in [3.8, 4) is 0 Å². The number of hydrogen-bond donors (Lipinski definition) is 3. The zero-order chi connectivity index (χ0) is 11.8. The van der Waals surface area contributed by atoms with Crippen LogP contribution in [0.4, 0.5) is 0 Å². The summed E-state index contributed by atoms with van der Waals surface area (Å²) in [6.45, 7) is 1.61. The van der Waals surface area contributed by atoms with Gasteiger partial charge in [0.25, 0.3) is 0 Å². The number of nitrogens with one attached hydrogen (secondary N) is 1. The molecule has 0 heterocycles. The van der Waals surface area contributed by atoms with Gasteiger partial charge in [-0.15, -0.1) is 0 Å². The Morgan fingerprint density at radius 2 is 1.93 bits per heavy atom. The number of carbonyl (C=O) groups is 3. The predicted octanol–water partition coefficient (Wildman–Crippen LogP) is -0.726. The van der Waals surface area contributed by atoms with E-state index in [4.69, 9.17) is 10.8 Å². The molecule has 1 atom stereocenters. The summed E-state index contributed by atoms with van der Waals surface area (Å²) in [4.78, 5) is 32.3. The number of carboxylic acids is 1. The highest BCUT2D eigenvalue weighted by atomic mass is 16.4. The van der Waals surface area contributed by atoms with Crippen LogP contribution in [-0.4, -0.2) is 35.4 Å². The van der Waals surface area contributed by atoms with E-state index in [0.717, 1.165) is 0 Å². The number of hydrogen-bond acceptors (Lipinski definition) is 4. The lowest BCUT2D eigenvalue weighted by Gasteiger charge is -2.08. The average Bonchev–Trinajstić information content (AvgIpc) is 2.21. The maximum atomic E-state index is 11.1. The second-order valence-electron chi connectivity index (χ2n) is 3.16. The van der Waals surface area contributed by atoms with Gasteiger partial charge >= 0.3 is 5.97 Å². The summed E-state index contributed by atoms with van der Waals surface area (Å²) in [5, 5.41) is 10.7. The largest absolute Gasteiger partial charge is 0.481 e. The van der Waals surface area contributed by atoms with Crippen molar-refractivity contribution in [2.45, 2.75) is 32.2 Å². The topological polar surface area (TPSA) is 109 Å². The number of Topliss-reactive ketones (excluding diaryl/α,β-unsaturated/α-hetero) is 1. The van der Waals surface area contributed by atoms with E-state index >= 15 is 0 Å². The molecule has 0 aromatic heterocycles. The minimum Gasteiger partial charge on any atom is -0.481 e. The Labute approximate surface area is 87.8 Å². The van der Waals surface area contributed by atoms with E-state index in [1.54, 1.807) is 6.92 Å². The van der Waals surface area contributed by atoms with E-state index in [2.05, 4.69) is 5.32 Å². The molecule has 0 bridgehead atoms. The molecular weight excluding hydrogens is 200 g/mol. The van der Waals surface area contributed by atoms with Crippen LogP contribution < -0.4 is 11.1 Å². The zero-order valence-electron chi connectivity index (χ0n) is 8.66. The summed E-state index contributed by atoms with van der Waals surface area (Å²) in [5.41, 5.74) is 5.41. The SMILES string of the molecule is CCC(N)C(=O)NCC(=O)CCC(=O)O. The van der Waals surface area contributed by atoms with Crippen molar-refractivity contribution in [3.05, 3.63) is 0 Å². The van der Waals surface area contributed by atoms with Crippen LogP contribution in [0.1, 0.15) is 26.2 Å². The summed E-state index contributed by atoms with van der Waals surface area (Å²) in [7, 11) is 0. The molecule has 6 nitrogen and oxygen atoms in total. The Kier molecular flexibility index (Phi) is 6.28. The molecular formula is C9H16N2O4. The molecule has 6 heteroatoms. The number of ketones is 1. The molecule has 4 N–H and O–H groups in total. The summed E-state index contributed by atoms with van der Waals surface area (Å²) in [6, 6.07) is -0.614. The van der Waals surface area contributed by atoms with E-state index in [9.17, 15) is 14.4 Å². The first-order valence-corrected chi connectivity index (χ1v) is 4.74. The lowest BCUT2D eigenvalue weighted by molar-refractivity contribution is -0.138. The molecule has 0 aliphatic heterocycles. The average molecular weight is 216 g/mol. The van der Waals surface area contributed by atoms with Gasteiger partial charge in [-0.3, -0.25) is 14.4 Å². The van der Waals surface area contributed by atoms with Crippen LogP contribution in [0.2, 0.25) is 0 Å². The monoisotopic (exact) mass is 216 g/mol. The molecule has 0 fully saturated rings. The van der Waals surface area contributed by atoms with Crippen LogP contribution >= 0.6 is 0 Å². The molecule has 0 spiro atoms. The second kappa shape index (κ2) is 6.94. The van der Waals surface area contributed by atoms with Gasteiger partial charge in [0.05, 0.1) is 19.0 Å². The van der Waals surface area contributed by atoms with Gasteiger partial charge in [0.2, 0.25) is 5.91 Å². The number of rotatable bonds is 7. The number of carbonyl (C=O) groups excluding carboxylic acids is 2. The van der Waals surface area contributed by atoms with E-state index in [-0.39, 0.29) is 31.1 Å². The molecule has 0 rings (SSSR count). The van der Waals surface area contributed by atoms with Gasteiger partial charge in [0, 0.05) is 6.42 Å². The molecule has 0 saturated carbocycles. The highest BCUT2D eigenvalue weighted by Gasteiger charge is 2.12. The molecule has 0 radical (unpaired) electrons. The first-order valence-electron chi connectivity index (χ1n) is 4.74. The number of aliphatic carboxylic acids is 1. The summed E-state index contributed by atoms with van der Waals surface area (Å²) in [5.74, 6) is -1.73. The molecule has 15 heavy (non-hydrogen) atoms. The van der Waals surface area contributed by atoms with Crippen LogP contribution in [0.5, 0.6) is 0 Å². The Morgan fingerprint density at radius 3 is 2.40 bits per heavy atom. The quantitative estimate of drug-likeness (QED) is 0.520. The van der Waals surface area contributed by atoms with Crippen molar-refractivity contribution in [2.75, 3.05) is 6.54 Å². The van der Waals surface area contributed by atoms with Crippen LogP contribution in [0.3, 0.4) is 0 Å². The zero-order valence-corrected chi connectivity index (χ0v) is 8.66. The van der Waals surface area contributed by atoms with Crippen molar-refractivity contribution in [1.82, 2.24) is 5.32 Å². The third-order valence-corrected chi connectivity index (χ3v) is 1.85. The number of amides is 1. The van der Waals surface area contributed by atoms with Gasteiger partial charge in [0.1, 0.15) is 0 Å². The van der Waals surface area contributed by atoms with Crippen LogP contribution in [0, 0.1) is 0 Å². The Bertz CT molecular complexity index is 252. The third-order valence-electron chi connectivity index (χ3n) is 1.85. The van der Waals surface area contributed by atoms with E-state index < -0.39 is 12.0 Å². The Hall–Kier alpha value is -1.43. The number of nitrogens with two attached hydrogens (primary N) is 1. The lowest BCUT2D eigenvalue weighted by atomic mass is 10.2. The fourth-order valence-electron chi connectivity index (χ4n) is 0.837. The summed E-state index contributed by atoms with van der Waals surface area (Å²) < 4.78 is 0. The summed E-state index contributed by atoms with van der Waals surface area (Å²) in [6.07, 6.45) is 0.209. The van der Waals surface area contributed by atoms with E-state index in [1.807, 2.05) is 0 Å². The molecule has 0 aliphatic rings. The van der Waals surface area contributed by atoms with Crippen molar-refractivity contribution < 1.29 is 19.5 Å². The van der Waals surface area contributed by atoms with Crippen molar-refractivity contribution in [3.63, 3.8) is 0 Å². The number of carboxylic acid groups (broad SMARTS) is 1. The molecule has 1 unspecified atom stereocenters. The smallest absolute Gasteiger partial charge is 0.303 e. The highest BCUT2D eigenvalue weighted by molar-refractivity contribution is 5.89. The fourth-order valence-corrected chi connectivity index (χ4v) is 0.837. The first kappa shape index (κ1) is 13.6. The van der Waals surface area contributed by atoms with E-state index in [1.165, 1.54) is 0 Å². The molecule has 1 amide bonds. The maximum absolute atomic E-state index is 11.1. The predicted molar refractivity (Wildman–Crippen MR) is 53.2 cm³/mol. The standard InChI is InChI=1S/C9H16N2O4/c1-2-7(10)9(15)11-5-6(12)3-4-8(13)14/h7H,2-5,10H2,1H3,(H,11,15)(H,13,14). The highest BCUT2D eigenvalue weighted by Crippen LogP contribution is 1.91. The molecule has 0 aromatic carbocycles. The van der Waals surface area contributed by atoms with Gasteiger partial charge < -0.3 is 16.2 Å². The Morgan fingerprint density at radius 1 is 1.33 bits per heavy atom. The van der Waals surface area contributed by atoms with E-state index in [0.29, 0.717) is 6.42 Å². The maximum Gasteiger partial charge on any atom is 0.303 e. The molecule has 0 aromatic rings. The van der Waals surface area contributed by atoms with Crippen LogP contribution in [-0.2, 0) is 14.4 Å². The second-order valence-corrected chi connectivity index (χ2v) is 3.16. The van der Waals surface area contributed by atoms with Crippen molar-refractivity contribution in [2.24, 2.45) is 5.73 Å². The summed E-state index contributed by atoms with van der Waals surface area (Å²) >= 11 is 0. The van der Waals surface area contributed by atoms with Crippen LogP contribution in [0.25, 0.3) is 0 Å². The van der Waals surface area contributed by atoms with Gasteiger partial charge in [-0.05, 0) is 6.42 Å². The Balaban J connectivity index is 3.71. The van der Waals surface area contributed by atoms with Crippen molar-refractivity contribution in [1.29, 1.82) is 0 Å². The molecule has 0 aliphatic carbocycles. The molecule has 86 valence electrons. The van der Waals surface area contributed by atoms with Gasteiger partial charge in [-0.1, -0.05) is 6.92 Å². The normalized spacial score (nSPS) is 11.9. The fraction of sp³-hybridized carbons (Fsp3) is 0.667. The van der Waals surface area contributed by atoms with Crippen LogP contribution in [0.15, 0.2) is 0 Å². The van der Waals surface area contributed by atoms with Gasteiger partial charge in [-0.2, -0.15) is 0 Å².